The Kier molecular flexibility index (Phi) is 5.08. The number of amides is 1. The fourth-order valence-corrected chi connectivity index (χ4v) is 5.03. The molecule has 0 bridgehead atoms. The van der Waals surface area contributed by atoms with Crippen molar-refractivity contribution in [3.05, 3.63) is 0 Å². The molecule has 4 rings (SSSR count). The summed E-state index contributed by atoms with van der Waals surface area (Å²) in [6.07, 6.45) is 6.59. The molecule has 4 saturated heterocycles. The van der Waals surface area contributed by atoms with Crippen molar-refractivity contribution in [2.45, 2.75) is 56.1 Å². The third kappa shape index (κ3) is 3.21. The minimum Gasteiger partial charge on any atom is -0.381 e. The molecule has 0 aromatic carbocycles. The Hall–Kier alpha value is -0.690. The van der Waals surface area contributed by atoms with Crippen LogP contribution in [0.3, 0.4) is 0 Å². The molecule has 0 aliphatic carbocycles. The Labute approximate surface area is 144 Å². The van der Waals surface area contributed by atoms with Crippen molar-refractivity contribution in [2.75, 3.05) is 52.6 Å². The van der Waals surface area contributed by atoms with Gasteiger partial charge < -0.3 is 19.7 Å². The SMILES string of the molecule is O=C(N1CCOCC1)[C@]12CCCCN1C[C@@H](NC1CCOCC1)C2. The molecule has 0 radical (unpaired) electrons. The number of nitrogens with one attached hydrogen (secondary N) is 1. The van der Waals surface area contributed by atoms with Crippen molar-refractivity contribution >= 4 is 5.91 Å². The van der Waals surface area contributed by atoms with E-state index in [0.29, 0.717) is 31.2 Å². The third-order valence-electron chi connectivity index (χ3n) is 6.29. The summed E-state index contributed by atoms with van der Waals surface area (Å²) < 4.78 is 10.9. The first-order valence-electron chi connectivity index (χ1n) is 9.74. The molecule has 0 aromatic rings. The maximum Gasteiger partial charge on any atom is 0.243 e. The highest BCUT2D eigenvalue weighted by molar-refractivity contribution is 5.87. The first-order valence-corrected chi connectivity index (χ1v) is 9.74. The molecular formula is C18H31N3O3. The number of ether oxygens (including phenoxy) is 2. The quantitative estimate of drug-likeness (QED) is 0.818. The third-order valence-corrected chi connectivity index (χ3v) is 6.29. The number of carbonyl (C=O) groups is 1. The van der Waals surface area contributed by atoms with Crippen LogP contribution in [0.15, 0.2) is 0 Å². The predicted molar refractivity (Wildman–Crippen MR) is 90.9 cm³/mol. The zero-order valence-electron chi connectivity index (χ0n) is 14.7. The lowest BCUT2D eigenvalue weighted by Gasteiger charge is -2.44. The highest BCUT2D eigenvalue weighted by atomic mass is 16.5. The molecule has 24 heavy (non-hydrogen) atoms. The van der Waals surface area contributed by atoms with Crippen LogP contribution in [0.4, 0.5) is 0 Å². The average Bonchev–Trinajstić information content (AvgIpc) is 3.01. The Balaban J connectivity index is 1.45. The minimum atomic E-state index is -0.252. The van der Waals surface area contributed by atoms with Crippen LogP contribution >= 0.6 is 0 Å². The molecule has 6 nitrogen and oxygen atoms in total. The van der Waals surface area contributed by atoms with Gasteiger partial charge in [-0.25, -0.2) is 0 Å². The van der Waals surface area contributed by atoms with E-state index in [-0.39, 0.29) is 5.54 Å². The smallest absolute Gasteiger partial charge is 0.243 e. The predicted octanol–water partition coefficient (Wildman–Crippen LogP) is 0.611. The minimum absolute atomic E-state index is 0.252. The van der Waals surface area contributed by atoms with E-state index in [4.69, 9.17) is 9.47 Å². The van der Waals surface area contributed by atoms with E-state index in [0.717, 1.165) is 65.1 Å². The van der Waals surface area contributed by atoms with Gasteiger partial charge in [-0.3, -0.25) is 9.69 Å². The van der Waals surface area contributed by atoms with Gasteiger partial charge in [0.1, 0.15) is 5.54 Å². The highest BCUT2D eigenvalue weighted by Crippen LogP contribution is 2.39. The molecule has 4 fully saturated rings. The molecule has 0 unspecified atom stereocenters. The molecule has 4 heterocycles. The van der Waals surface area contributed by atoms with Crippen molar-refractivity contribution < 1.29 is 14.3 Å². The molecule has 4 aliphatic rings. The summed E-state index contributed by atoms with van der Waals surface area (Å²) >= 11 is 0. The molecular weight excluding hydrogens is 306 g/mol. The number of carbonyl (C=O) groups excluding carboxylic acids is 1. The van der Waals surface area contributed by atoms with Gasteiger partial charge in [0.2, 0.25) is 5.91 Å². The lowest BCUT2D eigenvalue weighted by molar-refractivity contribution is -0.149. The summed E-state index contributed by atoms with van der Waals surface area (Å²) in [7, 11) is 0. The first-order chi connectivity index (χ1) is 11.8. The molecule has 1 amide bonds. The van der Waals surface area contributed by atoms with Crippen LogP contribution in [0.5, 0.6) is 0 Å². The van der Waals surface area contributed by atoms with Gasteiger partial charge in [-0.05, 0) is 45.1 Å². The maximum absolute atomic E-state index is 13.4. The second kappa shape index (κ2) is 7.28. The van der Waals surface area contributed by atoms with Gasteiger partial charge in [-0.1, -0.05) is 0 Å². The van der Waals surface area contributed by atoms with Gasteiger partial charge in [-0.2, -0.15) is 0 Å². The van der Waals surface area contributed by atoms with Crippen molar-refractivity contribution in [2.24, 2.45) is 0 Å². The summed E-state index contributed by atoms with van der Waals surface area (Å²) in [6, 6.07) is 0.997. The molecule has 4 aliphatic heterocycles. The Morgan fingerprint density at radius 3 is 2.50 bits per heavy atom. The number of fused-ring (bicyclic) bond motifs is 1. The fraction of sp³-hybridized carbons (Fsp3) is 0.944. The van der Waals surface area contributed by atoms with Crippen LogP contribution in [0.25, 0.3) is 0 Å². The van der Waals surface area contributed by atoms with Crippen molar-refractivity contribution in [1.29, 1.82) is 0 Å². The average molecular weight is 337 g/mol. The first kappa shape index (κ1) is 16.8. The van der Waals surface area contributed by atoms with Gasteiger partial charge in [0.25, 0.3) is 0 Å². The number of morpholine rings is 1. The molecule has 136 valence electrons. The van der Waals surface area contributed by atoms with Crippen LogP contribution < -0.4 is 5.32 Å². The number of nitrogens with zero attached hydrogens (tertiary/aromatic N) is 2. The highest BCUT2D eigenvalue weighted by Gasteiger charge is 2.53. The van der Waals surface area contributed by atoms with E-state index in [2.05, 4.69) is 15.1 Å². The summed E-state index contributed by atoms with van der Waals surface area (Å²) in [5, 5.41) is 3.84. The van der Waals surface area contributed by atoms with Crippen molar-refractivity contribution in [3.8, 4) is 0 Å². The Morgan fingerprint density at radius 2 is 1.71 bits per heavy atom. The number of hydrogen-bond acceptors (Lipinski definition) is 5. The second-order valence-electron chi connectivity index (χ2n) is 7.79. The van der Waals surface area contributed by atoms with E-state index in [1.165, 1.54) is 12.8 Å². The van der Waals surface area contributed by atoms with Crippen LogP contribution in [0.2, 0.25) is 0 Å². The van der Waals surface area contributed by atoms with Gasteiger partial charge >= 0.3 is 0 Å². The van der Waals surface area contributed by atoms with E-state index < -0.39 is 0 Å². The van der Waals surface area contributed by atoms with E-state index in [1.54, 1.807) is 0 Å². The maximum atomic E-state index is 13.4. The number of hydrogen-bond donors (Lipinski definition) is 1. The van der Waals surface area contributed by atoms with Gasteiger partial charge in [0.05, 0.1) is 13.2 Å². The zero-order valence-corrected chi connectivity index (χ0v) is 14.7. The largest absolute Gasteiger partial charge is 0.381 e. The Morgan fingerprint density at radius 1 is 0.958 bits per heavy atom. The molecule has 2 atom stereocenters. The van der Waals surface area contributed by atoms with Crippen molar-refractivity contribution in [3.63, 3.8) is 0 Å². The van der Waals surface area contributed by atoms with Gasteiger partial charge in [-0.15, -0.1) is 0 Å². The topological polar surface area (TPSA) is 54.0 Å². The van der Waals surface area contributed by atoms with E-state index in [1.807, 2.05) is 0 Å². The lowest BCUT2D eigenvalue weighted by atomic mass is 9.84. The zero-order chi connectivity index (χ0) is 16.4. The summed E-state index contributed by atoms with van der Waals surface area (Å²) in [5.41, 5.74) is -0.252. The number of rotatable bonds is 3. The molecule has 0 aromatic heterocycles. The van der Waals surface area contributed by atoms with Crippen LogP contribution in [-0.2, 0) is 14.3 Å². The fourth-order valence-electron chi connectivity index (χ4n) is 5.03. The van der Waals surface area contributed by atoms with Crippen molar-refractivity contribution in [1.82, 2.24) is 15.1 Å². The van der Waals surface area contributed by atoms with Crippen LogP contribution in [0.1, 0.15) is 38.5 Å². The second-order valence-corrected chi connectivity index (χ2v) is 7.79. The lowest BCUT2D eigenvalue weighted by Crippen LogP contribution is -2.60. The van der Waals surface area contributed by atoms with Gasteiger partial charge in [0.15, 0.2) is 0 Å². The summed E-state index contributed by atoms with van der Waals surface area (Å²) in [5.74, 6) is 0.363. The summed E-state index contributed by atoms with van der Waals surface area (Å²) in [4.78, 5) is 17.9. The monoisotopic (exact) mass is 337 g/mol. The molecule has 0 saturated carbocycles. The normalized spacial score (nSPS) is 35.8. The van der Waals surface area contributed by atoms with Crippen LogP contribution in [-0.4, -0.2) is 85.9 Å². The van der Waals surface area contributed by atoms with Gasteiger partial charge in [0, 0.05) is 44.9 Å². The molecule has 6 heteroatoms. The number of piperidine rings is 1. The molecule has 1 N–H and O–H groups in total. The van der Waals surface area contributed by atoms with E-state index in [9.17, 15) is 4.79 Å². The van der Waals surface area contributed by atoms with E-state index >= 15 is 0 Å². The Bertz CT molecular complexity index is 449. The standard InChI is InChI=1S/C18H31N3O3/c22-17(20-7-11-24-12-8-20)18-5-1-2-6-21(18)14-16(13-18)19-15-3-9-23-10-4-15/h15-16,19H,1-14H2/t16-,18+/m0/s1. The van der Waals surface area contributed by atoms with Crippen LogP contribution in [0, 0.1) is 0 Å². The molecule has 0 spiro atoms. The summed E-state index contributed by atoms with van der Waals surface area (Å²) in [6.45, 7) is 6.71.